The molecule has 0 aliphatic carbocycles. The number of benzene rings is 1. The van der Waals surface area contributed by atoms with Crippen LogP contribution in [0.5, 0.6) is 0 Å². The summed E-state index contributed by atoms with van der Waals surface area (Å²) in [7, 11) is 1.66. The molecule has 0 spiro atoms. The molecule has 0 unspecified atom stereocenters. The highest BCUT2D eigenvalue weighted by Crippen LogP contribution is 2.31. The number of piperazine rings is 1. The van der Waals surface area contributed by atoms with Crippen LogP contribution in [0, 0.1) is 0 Å². The van der Waals surface area contributed by atoms with Crippen LogP contribution in [0.25, 0.3) is 0 Å². The van der Waals surface area contributed by atoms with E-state index in [4.69, 9.17) is 9.47 Å². The van der Waals surface area contributed by atoms with Crippen LogP contribution in [0.4, 0.5) is 14.5 Å². The highest BCUT2D eigenvalue weighted by Gasteiger charge is 2.31. The molecular formula is C29H36F2N6O4. The van der Waals surface area contributed by atoms with Gasteiger partial charge in [-0.15, -0.1) is 5.10 Å². The lowest BCUT2D eigenvalue weighted by atomic mass is 9.82. The quantitative estimate of drug-likeness (QED) is 0.177. The Morgan fingerprint density at radius 1 is 1.24 bits per heavy atom. The summed E-state index contributed by atoms with van der Waals surface area (Å²) < 4.78 is 35.5. The molecule has 10 nitrogen and oxygen atoms in total. The lowest BCUT2D eigenvalue weighted by molar-refractivity contribution is -0.111. The number of halogens is 2. The van der Waals surface area contributed by atoms with Gasteiger partial charge < -0.3 is 24.1 Å². The third-order valence-corrected chi connectivity index (χ3v) is 7.36. The first-order chi connectivity index (χ1) is 19.6. The number of nitrogens with zero attached hydrogens (tertiary/aromatic N) is 6. The molecule has 4 rings (SSSR count). The standard InChI is InChI=1S/C29H36F2N6O4/c1-29(2,19-38)25-13-22(36-9-11-37(12-10-36)23-16-40-17-23)7-8-24(25)28(39)35(4)15-21-6-5-20(14-33-21)27(34-32-3)41-18-26(30)31/h5-8,13-14,19,23,26H,3,9-12,15-18H2,1-2,4H3/b34-27-. The summed E-state index contributed by atoms with van der Waals surface area (Å²) >= 11 is 0. The first kappa shape index (κ1) is 30.2. The fourth-order valence-electron chi connectivity index (χ4n) is 4.83. The van der Waals surface area contributed by atoms with Crippen LogP contribution in [-0.2, 0) is 26.2 Å². The highest BCUT2D eigenvalue weighted by molar-refractivity contribution is 5.97. The van der Waals surface area contributed by atoms with Crippen molar-refractivity contribution < 1.29 is 27.8 Å². The molecule has 2 aliphatic rings. The van der Waals surface area contributed by atoms with Gasteiger partial charge in [0.2, 0.25) is 5.90 Å². The van der Waals surface area contributed by atoms with Crippen molar-refractivity contribution in [2.75, 3.05) is 57.9 Å². The number of aldehydes is 1. The zero-order valence-corrected chi connectivity index (χ0v) is 23.6. The number of anilines is 1. The van der Waals surface area contributed by atoms with Gasteiger partial charge in [0.1, 0.15) is 6.29 Å². The molecule has 0 N–H and O–H groups in total. The fraction of sp³-hybridized carbons (Fsp3) is 0.483. The van der Waals surface area contributed by atoms with Crippen LogP contribution in [0.2, 0.25) is 0 Å². The van der Waals surface area contributed by atoms with E-state index in [2.05, 4.69) is 31.7 Å². The number of carbonyl (C=O) groups is 2. The van der Waals surface area contributed by atoms with Crippen molar-refractivity contribution in [1.29, 1.82) is 0 Å². The van der Waals surface area contributed by atoms with E-state index in [0.29, 0.717) is 28.4 Å². The van der Waals surface area contributed by atoms with Gasteiger partial charge in [0.05, 0.1) is 37.1 Å². The van der Waals surface area contributed by atoms with Crippen LogP contribution in [0.3, 0.4) is 0 Å². The number of alkyl halides is 2. The molecular weight excluding hydrogens is 534 g/mol. The SMILES string of the molecule is C=N/N=C(\OCC(F)F)c1ccc(CN(C)C(=O)c2ccc(N3CCN(C4COC4)CC3)cc2C(C)(C)C=O)nc1. The lowest BCUT2D eigenvalue weighted by Gasteiger charge is -2.43. The summed E-state index contributed by atoms with van der Waals surface area (Å²) in [6.45, 7) is 11.4. The smallest absolute Gasteiger partial charge is 0.272 e. The third kappa shape index (κ3) is 7.31. The molecule has 1 aromatic heterocycles. The average molecular weight is 571 g/mol. The Bertz CT molecular complexity index is 1260. The van der Waals surface area contributed by atoms with Crippen molar-refractivity contribution in [2.24, 2.45) is 10.2 Å². The summed E-state index contributed by atoms with van der Waals surface area (Å²) in [4.78, 5) is 36.3. The molecule has 0 atom stereocenters. The molecule has 2 aliphatic heterocycles. The van der Waals surface area contributed by atoms with Gasteiger partial charge in [0, 0.05) is 62.8 Å². The van der Waals surface area contributed by atoms with Crippen molar-refractivity contribution >= 4 is 30.5 Å². The number of aromatic nitrogens is 1. The summed E-state index contributed by atoms with van der Waals surface area (Å²) in [5, 5.41) is 7.01. The monoisotopic (exact) mass is 570 g/mol. The minimum Gasteiger partial charge on any atom is -0.470 e. The minimum atomic E-state index is -2.67. The molecule has 3 heterocycles. The second kappa shape index (κ2) is 13.3. The van der Waals surface area contributed by atoms with Crippen LogP contribution >= 0.6 is 0 Å². The predicted octanol–water partition coefficient (Wildman–Crippen LogP) is 3.00. The van der Waals surface area contributed by atoms with E-state index in [1.807, 2.05) is 12.1 Å². The van der Waals surface area contributed by atoms with Gasteiger partial charge in [-0.1, -0.05) is 0 Å². The molecule has 2 saturated heterocycles. The first-order valence-electron chi connectivity index (χ1n) is 13.5. The second-order valence-corrected chi connectivity index (χ2v) is 10.7. The van der Waals surface area contributed by atoms with E-state index < -0.39 is 18.4 Å². The zero-order valence-electron chi connectivity index (χ0n) is 23.6. The number of hydrogen-bond acceptors (Lipinski definition) is 9. The zero-order chi connectivity index (χ0) is 29.6. The Balaban J connectivity index is 1.48. The largest absolute Gasteiger partial charge is 0.470 e. The Hall–Kier alpha value is -3.77. The molecule has 220 valence electrons. The predicted molar refractivity (Wildman–Crippen MR) is 152 cm³/mol. The van der Waals surface area contributed by atoms with E-state index in [1.165, 1.54) is 11.1 Å². The molecule has 0 saturated carbocycles. The van der Waals surface area contributed by atoms with Crippen LogP contribution in [0.1, 0.15) is 41.0 Å². The Morgan fingerprint density at radius 3 is 2.54 bits per heavy atom. The van der Waals surface area contributed by atoms with Gasteiger partial charge in [-0.25, -0.2) is 8.78 Å². The van der Waals surface area contributed by atoms with Crippen LogP contribution < -0.4 is 4.90 Å². The molecule has 1 aromatic carbocycles. The van der Waals surface area contributed by atoms with Gasteiger partial charge in [0.25, 0.3) is 12.3 Å². The van der Waals surface area contributed by atoms with Gasteiger partial charge in [-0.05, 0) is 49.7 Å². The number of hydrogen-bond donors (Lipinski definition) is 0. The average Bonchev–Trinajstić information content (AvgIpc) is 2.94. The molecule has 2 fully saturated rings. The van der Waals surface area contributed by atoms with Crippen molar-refractivity contribution in [3.8, 4) is 0 Å². The maximum absolute atomic E-state index is 13.6. The van der Waals surface area contributed by atoms with E-state index >= 15 is 0 Å². The van der Waals surface area contributed by atoms with Gasteiger partial charge >= 0.3 is 0 Å². The van der Waals surface area contributed by atoms with Crippen molar-refractivity contribution in [2.45, 2.75) is 38.3 Å². The Morgan fingerprint density at radius 2 is 1.98 bits per heavy atom. The van der Waals surface area contributed by atoms with Crippen molar-refractivity contribution in [3.63, 3.8) is 0 Å². The molecule has 2 aromatic rings. The van der Waals surface area contributed by atoms with Gasteiger partial charge in [-0.2, -0.15) is 5.10 Å². The van der Waals surface area contributed by atoms with Crippen LogP contribution in [-0.4, -0.2) is 105 Å². The number of carbonyl (C=O) groups excluding carboxylic acids is 2. The lowest BCUT2D eigenvalue weighted by Crippen LogP contribution is -2.56. The topological polar surface area (TPSA) is 99.9 Å². The summed E-state index contributed by atoms with van der Waals surface area (Å²) in [5.41, 5.74) is 2.13. The number of amides is 1. The minimum absolute atomic E-state index is 0.122. The van der Waals surface area contributed by atoms with E-state index in [9.17, 15) is 18.4 Å². The van der Waals surface area contributed by atoms with Crippen molar-refractivity contribution in [3.05, 3.63) is 58.9 Å². The number of ether oxygens (including phenoxy) is 2. The Labute approximate surface area is 238 Å². The van der Waals surface area contributed by atoms with E-state index in [-0.39, 0.29) is 18.3 Å². The second-order valence-electron chi connectivity index (χ2n) is 10.7. The normalized spacial score (nSPS) is 16.8. The molecule has 41 heavy (non-hydrogen) atoms. The highest BCUT2D eigenvalue weighted by atomic mass is 19.3. The number of rotatable bonds is 11. The molecule has 1 amide bonds. The number of pyridine rings is 1. The molecule has 0 radical (unpaired) electrons. The molecule has 0 bridgehead atoms. The van der Waals surface area contributed by atoms with Gasteiger partial charge in [0.15, 0.2) is 6.61 Å². The summed E-state index contributed by atoms with van der Waals surface area (Å²) in [6, 6.07) is 9.44. The Kier molecular flexibility index (Phi) is 9.77. The van der Waals surface area contributed by atoms with E-state index in [0.717, 1.165) is 51.4 Å². The van der Waals surface area contributed by atoms with Gasteiger partial charge in [-0.3, -0.25) is 14.7 Å². The van der Waals surface area contributed by atoms with E-state index in [1.54, 1.807) is 39.1 Å². The van der Waals surface area contributed by atoms with Crippen molar-refractivity contribution in [1.82, 2.24) is 14.8 Å². The third-order valence-electron chi connectivity index (χ3n) is 7.36. The molecule has 12 heteroatoms. The summed E-state index contributed by atoms with van der Waals surface area (Å²) in [5.74, 6) is -0.372. The maximum Gasteiger partial charge on any atom is 0.272 e. The fourth-order valence-corrected chi connectivity index (χ4v) is 4.83. The maximum atomic E-state index is 13.6. The first-order valence-corrected chi connectivity index (χ1v) is 13.5. The summed E-state index contributed by atoms with van der Waals surface area (Å²) in [6.07, 6.45) is -0.389. The van der Waals surface area contributed by atoms with Crippen LogP contribution in [0.15, 0.2) is 46.7 Å².